The quantitative estimate of drug-likeness (QED) is 0.534. The fourth-order valence-electron chi connectivity index (χ4n) is 0.618. The van der Waals surface area contributed by atoms with Crippen molar-refractivity contribution in [3.05, 3.63) is 0 Å². The van der Waals surface area contributed by atoms with E-state index in [1.165, 1.54) is 0 Å². The predicted octanol–water partition coefficient (Wildman–Crippen LogP) is 0.581. The molecule has 0 aliphatic rings. The smallest absolute Gasteiger partial charge is 0.00258 e. The molecule has 0 atom stereocenters. The zero-order valence-electron chi connectivity index (χ0n) is 6.48. The molecule has 9 heavy (non-hydrogen) atoms. The topological polar surface area (TPSA) is 38.0 Å². The van der Waals surface area contributed by atoms with E-state index in [0.29, 0.717) is 0 Å². The summed E-state index contributed by atoms with van der Waals surface area (Å²) in [6.45, 7) is 7.38. The maximum atomic E-state index is 5.31. The third kappa shape index (κ3) is 7.92. The first-order chi connectivity index (χ1) is 4.27. The van der Waals surface area contributed by atoms with Crippen molar-refractivity contribution in [1.29, 1.82) is 0 Å². The van der Waals surface area contributed by atoms with Crippen LogP contribution in [-0.4, -0.2) is 19.6 Å². The summed E-state index contributed by atoms with van der Waals surface area (Å²) < 4.78 is 0. The second kappa shape index (κ2) is 6.05. The van der Waals surface area contributed by atoms with Crippen molar-refractivity contribution >= 4 is 0 Å². The number of nitrogens with one attached hydrogen (secondary N) is 1. The monoisotopic (exact) mass is 130 g/mol. The van der Waals surface area contributed by atoms with Gasteiger partial charge < -0.3 is 11.1 Å². The molecule has 0 aromatic carbocycles. The molecule has 0 spiro atoms. The van der Waals surface area contributed by atoms with Crippen molar-refractivity contribution in [2.45, 2.75) is 20.3 Å². The van der Waals surface area contributed by atoms with E-state index in [2.05, 4.69) is 19.2 Å². The van der Waals surface area contributed by atoms with Gasteiger partial charge in [-0.1, -0.05) is 13.8 Å². The van der Waals surface area contributed by atoms with Crippen LogP contribution in [0.25, 0.3) is 0 Å². The minimum absolute atomic E-state index is 0.753. The van der Waals surface area contributed by atoms with Gasteiger partial charge in [0.15, 0.2) is 0 Å². The molecule has 0 saturated carbocycles. The molecule has 0 aliphatic carbocycles. The lowest BCUT2D eigenvalue weighted by Gasteiger charge is -2.05. The average Bonchev–Trinajstić information content (AvgIpc) is 1.80. The van der Waals surface area contributed by atoms with Crippen LogP contribution in [-0.2, 0) is 0 Å². The maximum Gasteiger partial charge on any atom is -0.00258 e. The van der Waals surface area contributed by atoms with E-state index in [1.54, 1.807) is 0 Å². The summed E-state index contributed by atoms with van der Waals surface area (Å²) in [6.07, 6.45) is 1.09. The lowest BCUT2D eigenvalue weighted by atomic mass is 10.2. The van der Waals surface area contributed by atoms with E-state index < -0.39 is 0 Å². The van der Waals surface area contributed by atoms with E-state index in [0.717, 1.165) is 32.0 Å². The summed E-state index contributed by atoms with van der Waals surface area (Å²) in [4.78, 5) is 0. The lowest BCUT2D eigenvalue weighted by Crippen LogP contribution is -2.22. The molecule has 0 saturated heterocycles. The van der Waals surface area contributed by atoms with Gasteiger partial charge in [-0.3, -0.25) is 0 Å². The molecule has 0 heterocycles. The van der Waals surface area contributed by atoms with Crippen molar-refractivity contribution in [2.24, 2.45) is 11.7 Å². The van der Waals surface area contributed by atoms with Gasteiger partial charge in [-0.2, -0.15) is 0 Å². The highest BCUT2D eigenvalue weighted by Crippen LogP contribution is 1.86. The summed E-state index contributed by atoms with van der Waals surface area (Å²) in [5.41, 5.74) is 5.31. The summed E-state index contributed by atoms with van der Waals surface area (Å²) in [6, 6.07) is 0. The van der Waals surface area contributed by atoms with Crippen LogP contribution in [0, 0.1) is 5.92 Å². The summed E-state index contributed by atoms with van der Waals surface area (Å²) in [5, 5.41) is 3.31. The van der Waals surface area contributed by atoms with Crippen molar-refractivity contribution in [3.63, 3.8) is 0 Å². The van der Waals surface area contributed by atoms with E-state index in [1.807, 2.05) is 0 Å². The predicted molar refractivity (Wildman–Crippen MR) is 41.4 cm³/mol. The minimum atomic E-state index is 0.753. The Hall–Kier alpha value is -0.0800. The Balaban J connectivity index is 2.75. The van der Waals surface area contributed by atoms with Crippen LogP contribution in [0.3, 0.4) is 0 Å². The normalized spacial score (nSPS) is 10.7. The Morgan fingerprint density at radius 2 is 2.11 bits per heavy atom. The standard InChI is InChI=1S/C7H18N2/c1-7(2)6-9-5-3-4-8/h7,9H,3-6,8H2,1-2H3. The van der Waals surface area contributed by atoms with E-state index in [-0.39, 0.29) is 0 Å². The molecule has 0 amide bonds. The Kier molecular flexibility index (Phi) is 5.99. The van der Waals surface area contributed by atoms with Gasteiger partial charge in [0.05, 0.1) is 0 Å². The van der Waals surface area contributed by atoms with Gasteiger partial charge >= 0.3 is 0 Å². The first kappa shape index (κ1) is 8.92. The molecule has 0 fully saturated rings. The molecule has 2 nitrogen and oxygen atoms in total. The van der Waals surface area contributed by atoms with Crippen LogP contribution in [0.4, 0.5) is 0 Å². The fraction of sp³-hybridized carbons (Fsp3) is 1.00. The van der Waals surface area contributed by atoms with E-state index >= 15 is 0 Å². The number of nitrogens with two attached hydrogens (primary N) is 1. The molecule has 0 aliphatic heterocycles. The van der Waals surface area contributed by atoms with Gasteiger partial charge in [-0.15, -0.1) is 0 Å². The Labute approximate surface area is 57.8 Å². The van der Waals surface area contributed by atoms with Gasteiger partial charge in [-0.05, 0) is 32.0 Å². The first-order valence-electron chi connectivity index (χ1n) is 3.68. The van der Waals surface area contributed by atoms with Crippen LogP contribution in [0.2, 0.25) is 0 Å². The SMILES string of the molecule is CC(C)CNCCCN. The molecule has 56 valence electrons. The number of hydrogen-bond acceptors (Lipinski definition) is 2. The molecule has 0 unspecified atom stereocenters. The van der Waals surface area contributed by atoms with Gasteiger partial charge in [0, 0.05) is 0 Å². The van der Waals surface area contributed by atoms with Crippen LogP contribution in [0.15, 0.2) is 0 Å². The van der Waals surface area contributed by atoms with Gasteiger partial charge in [0.25, 0.3) is 0 Å². The summed E-state index contributed by atoms with van der Waals surface area (Å²) in [7, 11) is 0. The highest BCUT2D eigenvalue weighted by molar-refractivity contribution is 4.50. The second-order valence-electron chi connectivity index (χ2n) is 2.74. The van der Waals surface area contributed by atoms with Crippen LogP contribution in [0.5, 0.6) is 0 Å². The van der Waals surface area contributed by atoms with Crippen molar-refractivity contribution in [2.75, 3.05) is 19.6 Å². The average molecular weight is 130 g/mol. The van der Waals surface area contributed by atoms with Gasteiger partial charge in [0.2, 0.25) is 0 Å². The van der Waals surface area contributed by atoms with Crippen molar-refractivity contribution in [3.8, 4) is 0 Å². The molecule has 0 radical (unpaired) electrons. The van der Waals surface area contributed by atoms with Crippen molar-refractivity contribution < 1.29 is 0 Å². The minimum Gasteiger partial charge on any atom is -0.330 e. The zero-order chi connectivity index (χ0) is 7.11. The summed E-state index contributed by atoms with van der Waals surface area (Å²) in [5.74, 6) is 0.753. The Bertz CT molecular complexity index is 52.9. The number of rotatable bonds is 5. The molecule has 0 bridgehead atoms. The van der Waals surface area contributed by atoms with Gasteiger partial charge in [-0.25, -0.2) is 0 Å². The van der Waals surface area contributed by atoms with Crippen molar-refractivity contribution in [1.82, 2.24) is 5.32 Å². The summed E-state index contributed by atoms with van der Waals surface area (Å²) >= 11 is 0. The molecule has 2 heteroatoms. The maximum absolute atomic E-state index is 5.31. The lowest BCUT2D eigenvalue weighted by molar-refractivity contribution is 0.545. The third-order valence-electron chi connectivity index (χ3n) is 1.11. The van der Waals surface area contributed by atoms with Crippen LogP contribution in [0.1, 0.15) is 20.3 Å². The molecule has 3 N–H and O–H groups in total. The molecule has 0 rings (SSSR count). The number of hydrogen-bond donors (Lipinski definition) is 2. The Morgan fingerprint density at radius 3 is 2.56 bits per heavy atom. The zero-order valence-corrected chi connectivity index (χ0v) is 6.48. The Morgan fingerprint density at radius 1 is 1.44 bits per heavy atom. The second-order valence-corrected chi connectivity index (χ2v) is 2.74. The highest BCUT2D eigenvalue weighted by atomic mass is 14.9. The fourth-order valence-corrected chi connectivity index (χ4v) is 0.618. The van der Waals surface area contributed by atoms with E-state index in [4.69, 9.17) is 5.73 Å². The molecular weight excluding hydrogens is 112 g/mol. The first-order valence-corrected chi connectivity index (χ1v) is 3.68. The molecule has 0 aromatic heterocycles. The van der Waals surface area contributed by atoms with Gasteiger partial charge in [0.1, 0.15) is 0 Å². The van der Waals surface area contributed by atoms with Crippen LogP contribution >= 0.6 is 0 Å². The molecule has 0 aromatic rings. The van der Waals surface area contributed by atoms with Crippen LogP contribution < -0.4 is 11.1 Å². The molecular formula is C7H18N2. The third-order valence-corrected chi connectivity index (χ3v) is 1.11. The highest BCUT2D eigenvalue weighted by Gasteiger charge is 1.89. The largest absolute Gasteiger partial charge is 0.330 e. The van der Waals surface area contributed by atoms with E-state index in [9.17, 15) is 0 Å².